The lowest BCUT2D eigenvalue weighted by atomic mass is 10.2. The van der Waals surface area contributed by atoms with Crippen LogP contribution in [0.1, 0.15) is 12.5 Å². The quantitative estimate of drug-likeness (QED) is 0.848. The van der Waals surface area contributed by atoms with Crippen molar-refractivity contribution in [1.82, 2.24) is 0 Å². The molecule has 0 fully saturated rings. The van der Waals surface area contributed by atoms with Gasteiger partial charge in [-0.25, -0.2) is 4.79 Å². The molecule has 7 nitrogen and oxygen atoms in total. The van der Waals surface area contributed by atoms with Crippen LogP contribution in [0.3, 0.4) is 0 Å². The molecule has 1 amide bonds. The second-order valence-corrected chi connectivity index (χ2v) is 5.63. The van der Waals surface area contributed by atoms with Crippen LogP contribution < -0.4 is 14.8 Å². The number of carbonyl (C=O) groups excluding carboxylic acids is 2. The molecule has 0 radical (unpaired) electrons. The summed E-state index contributed by atoms with van der Waals surface area (Å²) < 4.78 is 16.2. The van der Waals surface area contributed by atoms with Crippen molar-refractivity contribution < 1.29 is 23.8 Å². The van der Waals surface area contributed by atoms with Crippen LogP contribution in [0.5, 0.6) is 11.5 Å². The van der Waals surface area contributed by atoms with E-state index in [4.69, 9.17) is 19.5 Å². The summed E-state index contributed by atoms with van der Waals surface area (Å²) in [4.78, 5) is 24.4. The van der Waals surface area contributed by atoms with Crippen LogP contribution >= 0.6 is 0 Å². The number of carbonyl (C=O) groups is 2. The van der Waals surface area contributed by atoms with E-state index >= 15 is 0 Å². The van der Waals surface area contributed by atoms with Gasteiger partial charge in [0, 0.05) is 5.69 Å². The van der Waals surface area contributed by atoms with Gasteiger partial charge in [0.1, 0.15) is 6.61 Å². The maximum Gasteiger partial charge on any atom is 0.351 e. The Hall–Kier alpha value is -3.53. The lowest BCUT2D eigenvalue weighted by Gasteiger charge is -2.25. The van der Waals surface area contributed by atoms with E-state index in [1.807, 2.05) is 6.07 Å². The maximum absolute atomic E-state index is 12.2. The number of nitrogens with zero attached hydrogens (tertiary/aromatic N) is 1. The van der Waals surface area contributed by atoms with Crippen LogP contribution in [0, 0.1) is 11.3 Å². The van der Waals surface area contributed by atoms with Crippen molar-refractivity contribution >= 4 is 17.6 Å². The molecule has 2 aromatic rings. The fourth-order valence-electron chi connectivity index (χ4n) is 2.35. The van der Waals surface area contributed by atoms with E-state index in [9.17, 15) is 9.59 Å². The van der Waals surface area contributed by atoms with Gasteiger partial charge in [-0.1, -0.05) is 18.2 Å². The molecule has 7 heteroatoms. The third kappa shape index (κ3) is 3.92. The van der Waals surface area contributed by atoms with Gasteiger partial charge in [-0.15, -0.1) is 0 Å². The van der Waals surface area contributed by atoms with Crippen LogP contribution in [0.2, 0.25) is 0 Å². The van der Waals surface area contributed by atoms with Crippen LogP contribution in [-0.4, -0.2) is 30.7 Å². The molecule has 2 atom stereocenters. The first-order valence-electron chi connectivity index (χ1n) is 7.97. The predicted octanol–water partition coefficient (Wildman–Crippen LogP) is 2.27. The molecule has 0 spiro atoms. The molecule has 0 aromatic heterocycles. The summed E-state index contributed by atoms with van der Waals surface area (Å²) in [6, 6.07) is 15.4. The molecule has 0 unspecified atom stereocenters. The van der Waals surface area contributed by atoms with Gasteiger partial charge in [0.05, 0.1) is 11.6 Å². The van der Waals surface area contributed by atoms with E-state index in [2.05, 4.69) is 5.32 Å². The zero-order chi connectivity index (χ0) is 18.5. The highest BCUT2D eigenvalue weighted by Gasteiger charge is 2.31. The highest BCUT2D eigenvalue weighted by molar-refractivity contribution is 5.95. The number of benzene rings is 2. The van der Waals surface area contributed by atoms with Crippen molar-refractivity contribution in [3.8, 4) is 17.6 Å². The van der Waals surface area contributed by atoms with Gasteiger partial charge < -0.3 is 19.5 Å². The smallest absolute Gasteiger partial charge is 0.351 e. The average molecular weight is 352 g/mol. The fraction of sp³-hybridized carbons (Fsp3) is 0.211. The molecule has 0 saturated carbocycles. The molecule has 0 aliphatic carbocycles. The lowest BCUT2D eigenvalue weighted by molar-refractivity contribution is -0.162. The van der Waals surface area contributed by atoms with Gasteiger partial charge in [0.15, 0.2) is 17.6 Å². The molecular weight excluding hydrogens is 336 g/mol. The lowest BCUT2D eigenvalue weighted by Crippen LogP contribution is -2.41. The van der Waals surface area contributed by atoms with E-state index in [-0.39, 0.29) is 6.61 Å². The van der Waals surface area contributed by atoms with Gasteiger partial charge in [-0.05, 0) is 37.3 Å². The Labute approximate surface area is 150 Å². The summed E-state index contributed by atoms with van der Waals surface area (Å²) in [5, 5.41) is 11.5. The Morgan fingerprint density at radius 1 is 1.23 bits per heavy atom. The summed E-state index contributed by atoms with van der Waals surface area (Å²) in [6.45, 7) is 1.47. The van der Waals surface area contributed by atoms with Crippen molar-refractivity contribution in [3.63, 3.8) is 0 Å². The number of amides is 1. The summed E-state index contributed by atoms with van der Waals surface area (Å²) in [5.41, 5.74) is 0.863. The summed E-state index contributed by atoms with van der Waals surface area (Å²) in [7, 11) is 0. The third-order valence-corrected chi connectivity index (χ3v) is 3.69. The maximum atomic E-state index is 12.2. The minimum Gasteiger partial charge on any atom is -0.485 e. The summed E-state index contributed by atoms with van der Waals surface area (Å²) >= 11 is 0. The Kier molecular flexibility index (Phi) is 5.04. The first-order chi connectivity index (χ1) is 12.6. The van der Waals surface area contributed by atoms with E-state index in [1.54, 1.807) is 42.5 Å². The molecule has 0 bridgehead atoms. The van der Waals surface area contributed by atoms with E-state index in [0.29, 0.717) is 22.7 Å². The minimum atomic E-state index is -1.03. The van der Waals surface area contributed by atoms with Gasteiger partial charge in [0.25, 0.3) is 5.91 Å². The van der Waals surface area contributed by atoms with Gasteiger partial charge in [-0.3, -0.25) is 4.79 Å². The average Bonchev–Trinajstić information content (AvgIpc) is 2.67. The van der Waals surface area contributed by atoms with Gasteiger partial charge in [0.2, 0.25) is 6.10 Å². The second-order valence-electron chi connectivity index (χ2n) is 5.63. The molecule has 26 heavy (non-hydrogen) atoms. The molecule has 1 heterocycles. The highest BCUT2D eigenvalue weighted by atomic mass is 16.6. The zero-order valence-corrected chi connectivity index (χ0v) is 14.0. The number of ether oxygens (including phenoxy) is 3. The zero-order valence-electron chi connectivity index (χ0n) is 14.0. The molecule has 1 aliphatic rings. The second kappa shape index (κ2) is 7.57. The van der Waals surface area contributed by atoms with Crippen molar-refractivity contribution in [2.75, 3.05) is 11.9 Å². The first-order valence-corrected chi connectivity index (χ1v) is 7.97. The Morgan fingerprint density at radius 3 is 2.77 bits per heavy atom. The number of anilines is 1. The fourth-order valence-corrected chi connectivity index (χ4v) is 2.35. The number of esters is 1. The number of fused-ring (bicyclic) bond motifs is 1. The highest BCUT2D eigenvalue weighted by Crippen LogP contribution is 2.31. The minimum absolute atomic E-state index is 0.00833. The largest absolute Gasteiger partial charge is 0.485 e. The van der Waals surface area contributed by atoms with Crippen molar-refractivity contribution in [1.29, 1.82) is 5.26 Å². The number of para-hydroxylation sites is 2. The van der Waals surface area contributed by atoms with E-state index in [0.717, 1.165) is 0 Å². The number of nitriles is 1. The molecule has 2 aromatic carbocycles. The van der Waals surface area contributed by atoms with E-state index in [1.165, 1.54) is 13.0 Å². The predicted molar refractivity (Wildman–Crippen MR) is 91.7 cm³/mol. The Bertz CT molecular complexity index is 874. The van der Waals surface area contributed by atoms with E-state index < -0.39 is 24.1 Å². The number of hydrogen-bond acceptors (Lipinski definition) is 6. The summed E-state index contributed by atoms with van der Waals surface area (Å²) in [5.74, 6) is -0.190. The molecular formula is C19H16N2O5. The van der Waals surface area contributed by atoms with Crippen molar-refractivity contribution in [3.05, 3.63) is 54.1 Å². The van der Waals surface area contributed by atoms with Crippen molar-refractivity contribution in [2.24, 2.45) is 0 Å². The topological polar surface area (TPSA) is 97.7 Å². The van der Waals surface area contributed by atoms with Crippen molar-refractivity contribution in [2.45, 2.75) is 19.1 Å². The van der Waals surface area contributed by atoms with Crippen LogP contribution in [0.25, 0.3) is 0 Å². The van der Waals surface area contributed by atoms with Gasteiger partial charge in [-0.2, -0.15) is 5.26 Å². The normalized spacial score (nSPS) is 16.1. The van der Waals surface area contributed by atoms with Gasteiger partial charge >= 0.3 is 5.97 Å². The number of nitrogens with one attached hydrogen (secondary N) is 1. The van der Waals surface area contributed by atoms with Crippen LogP contribution in [0.4, 0.5) is 5.69 Å². The standard InChI is InChI=1S/C19H16N2O5/c1-12(18(22)21-14-6-4-5-13(9-14)10-20)25-19(23)17-11-24-15-7-2-3-8-16(15)26-17/h2-9,12,17H,11H2,1H3,(H,21,22)/t12-,17+/m0/s1. The summed E-state index contributed by atoms with van der Waals surface area (Å²) in [6.07, 6.45) is -1.98. The van der Waals surface area contributed by atoms with Crippen LogP contribution in [-0.2, 0) is 14.3 Å². The number of hydrogen-bond donors (Lipinski definition) is 1. The SMILES string of the molecule is C[C@H](OC(=O)[C@H]1COc2ccccc2O1)C(=O)Nc1cccc(C#N)c1. The molecule has 0 saturated heterocycles. The Balaban J connectivity index is 1.57. The molecule has 1 N–H and O–H groups in total. The number of rotatable bonds is 4. The third-order valence-electron chi connectivity index (χ3n) is 3.69. The molecule has 132 valence electrons. The molecule has 3 rings (SSSR count). The monoisotopic (exact) mass is 352 g/mol. The Morgan fingerprint density at radius 2 is 2.00 bits per heavy atom. The first kappa shape index (κ1) is 17.3. The van der Waals surface area contributed by atoms with Crippen LogP contribution in [0.15, 0.2) is 48.5 Å². The molecule has 1 aliphatic heterocycles.